The highest BCUT2D eigenvalue weighted by molar-refractivity contribution is 5.87. The molecule has 1 N–H and O–H groups in total. The lowest BCUT2D eigenvalue weighted by atomic mass is 9.98. The summed E-state index contributed by atoms with van der Waals surface area (Å²) in [5.41, 5.74) is 0. The number of amides is 1. The lowest BCUT2D eigenvalue weighted by Crippen LogP contribution is -2.33. The highest BCUT2D eigenvalue weighted by atomic mass is 16.4. The second-order valence-electron chi connectivity index (χ2n) is 5.05. The van der Waals surface area contributed by atoms with E-state index in [1.165, 1.54) is 6.26 Å². The standard InChI is InChI=1S/C13H17NO4/c1-8(2)7-14-11(15)6-9(13(16)17)12(14)10-4-3-5-18-10/h3-5,8-9,12H,6-7H2,1-2H3,(H,16,17). The van der Waals surface area contributed by atoms with Crippen LogP contribution < -0.4 is 0 Å². The number of furan rings is 1. The Morgan fingerprint density at radius 3 is 2.83 bits per heavy atom. The van der Waals surface area contributed by atoms with E-state index < -0.39 is 17.9 Å². The van der Waals surface area contributed by atoms with Crippen LogP contribution in [0.15, 0.2) is 22.8 Å². The molecule has 0 spiro atoms. The second kappa shape index (κ2) is 4.84. The van der Waals surface area contributed by atoms with Gasteiger partial charge in [-0.05, 0) is 18.1 Å². The minimum atomic E-state index is -0.948. The number of carboxylic acid groups (broad SMARTS) is 1. The van der Waals surface area contributed by atoms with Crippen LogP contribution in [-0.2, 0) is 9.59 Å². The van der Waals surface area contributed by atoms with Gasteiger partial charge in [0.2, 0.25) is 5.91 Å². The van der Waals surface area contributed by atoms with Crippen molar-refractivity contribution in [3.63, 3.8) is 0 Å². The molecule has 1 aliphatic rings. The molecule has 98 valence electrons. The van der Waals surface area contributed by atoms with E-state index in [1.54, 1.807) is 17.0 Å². The number of hydrogen-bond acceptors (Lipinski definition) is 3. The van der Waals surface area contributed by atoms with Crippen LogP contribution in [0.4, 0.5) is 0 Å². The van der Waals surface area contributed by atoms with Gasteiger partial charge in [-0.2, -0.15) is 0 Å². The average Bonchev–Trinajstić information content (AvgIpc) is 2.87. The van der Waals surface area contributed by atoms with Crippen LogP contribution in [0.1, 0.15) is 32.1 Å². The summed E-state index contributed by atoms with van der Waals surface area (Å²) >= 11 is 0. The summed E-state index contributed by atoms with van der Waals surface area (Å²) in [5.74, 6) is -0.941. The number of aliphatic carboxylic acids is 1. The first-order valence-corrected chi connectivity index (χ1v) is 6.06. The molecule has 0 radical (unpaired) electrons. The highest BCUT2D eigenvalue weighted by Crippen LogP contribution is 2.38. The van der Waals surface area contributed by atoms with Crippen molar-refractivity contribution >= 4 is 11.9 Å². The Bertz CT molecular complexity index is 438. The molecule has 5 heteroatoms. The van der Waals surface area contributed by atoms with E-state index in [0.29, 0.717) is 18.2 Å². The first-order valence-electron chi connectivity index (χ1n) is 6.06. The fourth-order valence-electron chi connectivity index (χ4n) is 2.43. The Kier molecular flexibility index (Phi) is 3.41. The van der Waals surface area contributed by atoms with Gasteiger partial charge in [-0.1, -0.05) is 13.8 Å². The van der Waals surface area contributed by atoms with Crippen molar-refractivity contribution in [2.24, 2.45) is 11.8 Å². The molecule has 1 amide bonds. The van der Waals surface area contributed by atoms with Crippen molar-refractivity contribution in [3.8, 4) is 0 Å². The number of nitrogens with zero attached hydrogens (tertiary/aromatic N) is 1. The lowest BCUT2D eigenvalue weighted by molar-refractivity contribution is -0.143. The molecular formula is C13H17NO4. The minimum absolute atomic E-state index is 0.0490. The molecule has 2 rings (SSSR count). The molecule has 1 fully saturated rings. The Hall–Kier alpha value is -1.78. The van der Waals surface area contributed by atoms with Gasteiger partial charge in [-0.25, -0.2) is 0 Å². The zero-order valence-electron chi connectivity index (χ0n) is 10.5. The van der Waals surface area contributed by atoms with E-state index in [0.717, 1.165) is 0 Å². The van der Waals surface area contributed by atoms with Crippen LogP contribution in [0.25, 0.3) is 0 Å². The summed E-state index contributed by atoms with van der Waals surface area (Å²) in [5, 5.41) is 9.23. The van der Waals surface area contributed by atoms with E-state index >= 15 is 0 Å². The number of carbonyl (C=O) groups excluding carboxylic acids is 1. The van der Waals surface area contributed by atoms with Crippen LogP contribution in [-0.4, -0.2) is 28.4 Å². The van der Waals surface area contributed by atoms with E-state index in [-0.39, 0.29) is 12.3 Å². The summed E-state index contributed by atoms with van der Waals surface area (Å²) in [7, 11) is 0. The molecule has 1 saturated heterocycles. The van der Waals surface area contributed by atoms with Crippen LogP contribution >= 0.6 is 0 Å². The van der Waals surface area contributed by atoms with Gasteiger partial charge in [0, 0.05) is 13.0 Å². The molecule has 0 aliphatic carbocycles. The molecular weight excluding hydrogens is 234 g/mol. The number of carbonyl (C=O) groups is 2. The van der Waals surface area contributed by atoms with E-state index in [4.69, 9.17) is 4.42 Å². The van der Waals surface area contributed by atoms with Crippen molar-refractivity contribution in [2.75, 3.05) is 6.54 Å². The SMILES string of the molecule is CC(C)CN1C(=O)CC(C(=O)O)C1c1ccco1. The first kappa shape index (κ1) is 12.7. The molecule has 2 atom stereocenters. The fourth-order valence-corrected chi connectivity index (χ4v) is 2.43. The van der Waals surface area contributed by atoms with Crippen molar-refractivity contribution in [1.29, 1.82) is 0 Å². The molecule has 2 unspecified atom stereocenters. The summed E-state index contributed by atoms with van der Waals surface area (Å²) in [4.78, 5) is 24.8. The van der Waals surface area contributed by atoms with Gasteiger partial charge >= 0.3 is 5.97 Å². The lowest BCUT2D eigenvalue weighted by Gasteiger charge is -2.26. The van der Waals surface area contributed by atoms with E-state index in [2.05, 4.69) is 0 Å². The third kappa shape index (κ3) is 2.25. The average molecular weight is 251 g/mol. The van der Waals surface area contributed by atoms with Crippen LogP contribution in [0.3, 0.4) is 0 Å². The van der Waals surface area contributed by atoms with Gasteiger partial charge in [0.05, 0.1) is 12.2 Å². The Morgan fingerprint density at radius 1 is 1.61 bits per heavy atom. The van der Waals surface area contributed by atoms with Crippen molar-refractivity contribution in [3.05, 3.63) is 24.2 Å². The third-order valence-corrected chi connectivity index (χ3v) is 3.15. The summed E-state index contributed by atoms with van der Waals surface area (Å²) < 4.78 is 5.30. The molecule has 2 heterocycles. The number of hydrogen-bond donors (Lipinski definition) is 1. The Balaban J connectivity index is 2.32. The molecule has 5 nitrogen and oxygen atoms in total. The van der Waals surface area contributed by atoms with Gasteiger partial charge in [-0.15, -0.1) is 0 Å². The quantitative estimate of drug-likeness (QED) is 0.887. The van der Waals surface area contributed by atoms with Gasteiger partial charge in [0.25, 0.3) is 0 Å². The summed E-state index contributed by atoms with van der Waals surface area (Å²) in [6.45, 7) is 4.55. The van der Waals surface area contributed by atoms with Gasteiger partial charge in [-0.3, -0.25) is 9.59 Å². The minimum Gasteiger partial charge on any atom is -0.481 e. The molecule has 1 aromatic heterocycles. The topological polar surface area (TPSA) is 70.8 Å². The second-order valence-corrected chi connectivity index (χ2v) is 5.05. The van der Waals surface area contributed by atoms with Crippen LogP contribution in [0, 0.1) is 11.8 Å². The molecule has 1 aliphatic heterocycles. The zero-order chi connectivity index (χ0) is 13.3. The Morgan fingerprint density at radius 2 is 2.33 bits per heavy atom. The van der Waals surface area contributed by atoms with Crippen molar-refractivity contribution in [1.82, 2.24) is 4.90 Å². The molecule has 0 saturated carbocycles. The van der Waals surface area contributed by atoms with Gasteiger partial charge in [0.15, 0.2) is 0 Å². The van der Waals surface area contributed by atoms with Crippen molar-refractivity contribution < 1.29 is 19.1 Å². The van der Waals surface area contributed by atoms with Crippen LogP contribution in [0.5, 0.6) is 0 Å². The normalized spacial score (nSPS) is 23.9. The maximum Gasteiger partial charge on any atom is 0.309 e. The monoisotopic (exact) mass is 251 g/mol. The fraction of sp³-hybridized carbons (Fsp3) is 0.538. The maximum atomic E-state index is 12.0. The van der Waals surface area contributed by atoms with Crippen LogP contribution in [0.2, 0.25) is 0 Å². The van der Waals surface area contributed by atoms with E-state index in [9.17, 15) is 14.7 Å². The predicted octanol–water partition coefficient (Wildman–Crippen LogP) is 1.91. The number of carboxylic acids is 1. The summed E-state index contributed by atoms with van der Waals surface area (Å²) in [6.07, 6.45) is 1.55. The molecule has 0 aromatic carbocycles. The number of likely N-dealkylation sites (tertiary alicyclic amines) is 1. The largest absolute Gasteiger partial charge is 0.481 e. The Labute approximate surface area is 105 Å². The number of rotatable bonds is 4. The van der Waals surface area contributed by atoms with Gasteiger partial charge in [0.1, 0.15) is 11.8 Å². The van der Waals surface area contributed by atoms with E-state index in [1.807, 2.05) is 13.8 Å². The third-order valence-electron chi connectivity index (χ3n) is 3.15. The van der Waals surface area contributed by atoms with Gasteiger partial charge < -0.3 is 14.4 Å². The van der Waals surface area contributed by atoms with Crippen molar-refractivity contribution in [2.45, 2.75) is 26.3 Å². The highest BCUT2D eigenvalue weighted by Gasteiger charge is 2.46. The zero-order valence-corrected chi connectivity index (χ0v) is 10.5. The maximum absolute atomic E-state index is 12.0. The molecule has 0 bridgehead atoms. The molecule has 1 aromatic rings. The summed E-state index contributed by atoms with van der Waals surface area (Å²) in [6, 6.07) is 2.96. The smallest absolute Gasteiger partial charge is 0.309 e. The molecule has 18 heavy (non-hydrogen) atoms. The first-order chi connectivity index (χ1) is 8.50. The predicted molar refractivity (Wildman–Crippen MR) is 63.7 cm³/mol.